The number of thiocarbonyl (C=S) groups is 1. The Bertz CT molecular complexity index is 901. The molecule has 0 bridgehead atoms. The van der Waals surface area contributed by atoms with E-state index in [1.165, 1.54) is 16.5 Å². The molecule has 0 radical (unpaired) electrons. The Hall–Kier alpha value is -2.04. The first-order chi connectivity index (χ1) is 11.5. The number of hydrogen-bond acceptors (Lipinski definition) is 1. The molecule has 0 aliphatic carbocycles. The highest BCUT2D eigenvalue weighted by Gasteiger charge is 2.12. The number of para-hydroxylation sites is 1. The summed E-state index contributed by atoms with van der Waals surface area (Å²) in [5.41, 5.74) is 4.42. The molecule has 1 aromatic heterocycles. The minimum Gasteiger partial charge on any atom is -0.350 e. The summed E-state index contributed by atoms with van der Waals surface area (Å²) in [6.07, 6.45) is 2.16. The largest absolute Gasteiger partial charge is 0.350 e. The van der Waals surface area contributed by atoms with Gasteiger partial charge in [0.2, 0.25) is 0 Å². The van der Waals surface area contributed by atoms with Crippen molar-refractivity contribution < 1.29 is 0 Å². The Morgan fingerprint density at radius 2 is 2.00 bits per heavy atom. The summed E-state index contributed by atoms with van der Waals surface area (Å²) in [6, 6.07) is 14.3. The van der Waals surface area contributed by atoms with E-state index in [1.54, 1.807) is 0 Å². The zero-order valence-electron chi connectivity index (χ0n) is 14.0. The Morgan fingerprint density at radius 3 is 2.75 bits per heavy atom. The average molecular weight is 358 g/mol. The van der Waals surface area contributed by atoms with Crippen molar-refractivity contribution >= 4 is 45.5 Å². The van der Waals surface area contributed by atoms with E-state index in [-0.39, 0.29) is 0 Å². The van der Waals surface area contributed by atoms with Gasteiger partial charge in [-0.15, -0.1) is 0 Å². The van der Waals surface area contributed by atoms with E-state index in [4.69, 9.17) is 23.8 Å². The summed E-state index contributed by atoms with van der Waals surface area (Å²) in [4.78, 5) is 2.02. The number of nitrogens with one attached hydrogen (secondary N) is 1. The zero-order valence-corrected chi connectivity index (χ0v) is 15.6. The van der Waals surface area contributed by atoms with E-state index < -0.39 is 0 Å². The van der Waals surface area contributed by atoms with Crippen molar-refractivity contribution in [3.8, 4) is 0 Å². The van der Waals surface area contributed by atoms with Crippen molar-refractivity contribution in [2.45, 2.75) is 13.5 Å². The molecule has 3 nitrogen and oxygen atoms in total. The van der Waals surface area contributed by atoms with Crippen LogP contribution >= 0.6 is 23.8 Å². The number of rotatable bonds is 3. The number of anilines is 1. The van der Waals surface area contributed by atoms with Crippen LogP contribution in [0.1, 0.15) is 11.1 Å². The molecule has 0 aliphatic rings. The molecule has 0 fully saturated rings. The van der Waals surface area contributed by atoms with Crippen LogP contribution in [0.15, 0.2) is 48.7 Å². The smallest absolute Gasteiger partial charge is 0.173 e. The normalized spacial score (nSPS) is 10.8. The quantitative estimate of drug-likeness (QED) is 0.668. The van der Waals surface area contributed by atoms with Crippen LogP contribution in [-0.2, 0) is 13.6 Å². The molecule has 1 N–H and O–H groups in total. The van der Waals surface area contributed by atoms with Crippen LogP contribution in [0.2, 0.25) is 5.02 Å². The van der Waals surface area contributed by atoms with Crippen LogP contribution in [0.3, 0.4) is 0 Å². The first kappa shape index (κ1) is 16.8. The number of fused-ring (bicyclic) bond motifs is 1. The monoisotopic (exact) mass is 357 g/mol. The van der Waals surface area contributed by atoms with Gasteiger partial charge in [-0.3, -0.25) is 0 Å². The van der Waals surface area contributed by atoms with Crippen LogP contribution in [0.25, 0.3) is 10.9 Å². The van der Waals surface area contributed by atoms with E-state index in [2.05, 4.69) is 47.4 Å². The summed E-state index contributed by atoms with van der Waals surface area (Å²) in [5, 5.41) is 5.81. The van der Waals surface area contributed by atoms with Gasteiger partial charge in [-0.1, -0.05) is 35.9 Å². The predicted molar refractivity (Wildman–Crippen MR) is 107 cm³/mol. The second-order valence-electron chi connectivity index (χ2n) is 6.05. The molecule has 0 saturated carbocycles. The second kappa shape index (κ2) is 6.83. The maximum atomic E-state index is 6.28. The van der Waals surface area contributed by atoms with E-state index in [0.29, 0.717) is 10.1 Å². The lowest BCUT2D eigenvalue weighted by Crippen LogP contribution is -2.30. The Balaban J connectivity index is 1.76. The summed E-state index contributed by atoms with van der Waals surface area (Å²) in [6.45, 7) is 2.75. The topological polar surface area (TPSA) is 20.2 Å². The molecule has 3 aromatic rings. The minimum absolute atomic E-state index is 0.647. The molecular formula is C19H20ClN3S. The third-order valence-corrected chi connectivity index (χ3v) is 4.83. The molecule has 1 heterocycles. The fourth-order valence-electron chi connectivity index (χ4n) is 2.81. The van der Waals surface area contributed by atoms with Crippen LogP contribution in [0, 0.1) is 6.92 Å². The number of aryl methyl sites for hydroxylation is 2. The number of benzene rings is 2. The van der Waals surface area contributed by atoms with Gasteiger partial charge < -0.3 is 14.8 Å². The van der Waals surface area contributed by atoms with Crippen molar-refractivity contribution in [2.75, 3.05) is 12.4 Å². The third kappa shape index (κ3) is 3.40. The standard InChI is InChI=1S/C19H20ClN3S/c1-13-8-9-17(16(20)10-13)21-19(24)23(3)12-14-11-22(2)18-7-5-4-6-15(14)18/h4-11H,12H2,1-3H3,(H,21,24). The van der Waals surface area contributed by atoms with Crippen molar-refractivity contribution in [1.82, 2.24) is 9.47 Å². The Labute approximate surface area is 152 Å². The first-order valence-corrected chi connectivity index (χ1v) is 8.55. The van der Waals surface area contributed by atoms with Gasteiger partial charge in [0.1, 0.15) is 0 Å². The number of hydrogen-bond donors (Lipinski definition) is 1. The van der Waals surface area contributed by atoms with Crippen molar-refractivity contribution in [2.24, 2.45) is 7.05 Å². The minimum atomic E-state index is 0.647. The average Bonchev–Trinajstić information content (AvgIpc) is 2.86. The van der Waals surface area contributed by atoms with Gasteiger partial charge >= 0.3 is 0 Å². The van der Waals surface area contributed by atoms with Crippen molar-refractivity contribution in [3.05, 3.63) is 64.8 Å². The SMILES string of the molecule is Cc1ccc(NC(=S)N(C)Cc2cn(C)c3ccccc23)c(Cl)c1. The summed E-state index contributed by atoms with van der Waals surface area (Å²) < 4.78 is 2.14. The Kier molecular flexibility index (Phi) is 4.78. The van der Waals surface area contributed by atoms with E-state index in [0.717, 1.165) is 17.8 Å². The van der Waals surface area contributed by atoms with Gasteiger partial charge in [-0.05, 0) is 48.5 Å². The lowest BCUT2D eigenvalue weighted by atomic mass is 10.2. The molecule has 0 amide bonds. The maximum absolute atomic E-state index is 6.28. The first-order valence-electron chi connectivity index (χ1n) is 7.77. The second-order valence-corrected chi connectivity index (χ2v) is 6.85. The van der Waals surface area contributed by atoms with Gasteiger partial charge in [-0.25, -0.2) is 0 Å². The fourth-order valence-corrected chi connectivity index (χ4v) is 3.27. The lowest BCUT2D eigenvalue weighted by Gasteiger charge is -2.21. The lowest BCUT2D eigenvalue weighted by molar-refractivity contribution is 0.510. The number of aromatic nitrogens is 1. The highest BCUT2D eigenvalue weighted by molar-refractivity contribution is 7.80. The molecule has 2 aromatic carbocycles. The highest BCUT2D eigenvalue weighted by atomic mass is 35.5. The molecule has 0 aliphatic heterocycles. The molecule has 0 atom stereocenters. The fraction of sp³-hybridized carbons (Fsp3) is 0.211. The highest BCUT2D eigenvalue weighted by Crippen LogP contribution is 2.24. The molecule has 0 saturated heterocycles. The molecule has 0 unspecified atom stereocenters. The Morgan fingerprint density at radius 1 is 1.25 bits per heavy atom. The molecule has 3 rings (SSSR count). The van der Waals surface area contributed by atoms with Gasteiger partial charge in [0.05, 0.1) is 10.7 Å². The van der Waals surface area contributed by atoms with Crippen LogP contribution in [0.4, 0.5) is 5.69 Å². The van der Waals surface area contributed by atoms with Crippen LogP contribution in [-0.4, -0.2) is 21.6 Å². The van der Waals surface area contributed by atoms with E-state index in [1.807, 2.05) is 37.1 Å². The van der Waals surface area contributed by atoms with E-state index >= 15 is 0 Å². The van der Waals surface area contributed by atoms with Crippen molar-refractivity contribution in [3.63, 3.8) is 0 Å². The molecule has 24 heavy (non-hydrogen) atoms. The third-order valence-electron chi connectivity index (χ3n) is 4.10. The molecular weight excluding hydrogens is 338 g/mol. The van der Waals surface area contributed by atoms with Crippen LogP contribution < -0.4 is 5.32 Å². The maximum Gasteiger partial charge on any atom is 0.173 e. The number of nitrogens with zero attached hydrogens (tertiary/aromatic N) is 2. The summed E-state index contributed by atoms with van der Waals surface area (Å²) in [5.74, 6) is 0. The van der Waals surface area contributed by atoms with Gasteiger partial charge in [-0.2, -0.15) is 0 Å². The van der Waals surface area contributed by atoms with Crippen molar-refractivity contribution in [1.29, 1.82) is 0 Å². The zero-order chi connectivity index (χ0) is 17.3. The summed E-state index contributed by atoms with van der Waals surface area (Å²) >= 11 is 11.8. The molecule has 124 valence electrons. The van der Waals surface area contributed by atoms with Crippen LogP contribution in [0.5, 0.6) is 0 Å². The summed E-state index contributed by atoms with van der Waals surface area (Å²) in [7, 11) is 4.05. The number of halogens is 1. The molecule has 0 spiro atoms. The van der Waals surface area contributed by atoms with Gasteiger partial charge in [0, 0.05) is 37.7 Å². The molecule has 5 heteroatoms. The predicted octanol–water partition coefficient (Wildman–Crippen LogP) is 4.97. The van der Waals surface area contributed by atoms with Gasteiger partial charge in [0.15, 0.2) is 5.11 Å². The van der Waals surface area contributed by atoms with Gasteiger partial charge in [0.25, 0.3) is 0 Å². The van der Waals surface area contributed by atoms with E-state index in [9.17, 15) is 0 Å².